The molecule has 0 saturated carbocycles. The third-order valence-corrected chi connectivity index (χ3v) is 23.7. The van der Waals surface area contributed by atoms with Gasteiger partial charge >= 0.3 is 11.4 Å². The molecule has 0 atom stereocenters. The molecule has 9 heterocycles. The lowest BCUT2D eigenvalue weighted by Crippen LogP contribution is -2.37. The van der Waals surface area contributed by atoms with Crippen molar-refractivity contribution < 1.29 is 4.79 Å². The van der Waals surface area contributed by atoms with E-state index in [2.05, 4.69) is 198 Å². The smallest absolute Gasteiger partial charge is 0.347 e. The molecule has 6 N–H and O–H groups in total. The van der Waals surface area contributed by atoms with Crippen LogP contribution in [0.4, 0.5) is 0 Å². The number of amides is 1. The van der Waals surface area contributed by atoms with Gasteiger partial charge in [-0.3, -0.25) is 56.9 Å². The van der Waals surface area contributed by atoms with Crippen LogP contribution in [0.5, 0.6) is 0 Å². The van der Waals surface area contributed by atoms with Crippen molar-refractivity contribution in [3.05, 3.63) is 493 Å². The molecule has 0 aliphatic heterocycles. The predicted octanol–water partition coefficient (Wildman–Crippen LogP) is 19.3. The van der Waals surface area contributed by atoms with Crippen LogP contribution in [0.15, 0.2) is 328 Å². The fourth-order valence-electron chi connectivity index (χ4n) is 14.1. The van der Waals surface area contributed by atoms with Gasteiger partial charge in [-0.1, -0.05) is 314 Å². The monoisotopic (exact) mass is 1970 g/mol. The van der Waals surface area contributed by atoms with Gasteiger partial charge in [-0.2, -0.15) is 5.10 Å². The fraction of sp³-hybridized carbons (Fsp3) is 0.248. The van der Waals surface area contributed by atoms with Crippen molar-refractivity contribution >= 4 is 91.8 Å². The van der Waals surface area contributed by atoms with Gasteiger partial charge in [0, 0.05) is 146 Å². The number of hydrogen-bond acceptors (Lipinski definition) is 14. The van der Waals surface area contributed by atoms with Crippen molar-refractivity contribution in [3.63, 3.8) is 0 Å². The minimum atomic E-state index is -0.411. The third-order valence-electron chi connectivity index (χ3n) is 22.3. The van der Waals surface area contributed by atoms with Crippen molar-refractivity contribution in [3.8, 4) is 0 Å². The Morgan fingerprint density at radius 1 is 0.338 bits per heavy atom. The number of aryl methyl sites for hydroxylation is 1. The summed E-state index contributed by atoms with van der Waals surface area (Å²) in [6.07, 6.45) is 18.4. The van der Waals surface area contributed by atoms with Crippen LogP contribution in [0.2, 0.25) is 25.1 Å². The highest BCUT2D eigenvalue weighted by Gasteiger charge is 2.22. The summed E-state index contributed by atoms with van der Waals surface area (Å²) in [5, 5.41) is 7.46. The first-order chi connectivity index (χ1) is 65.5. The summed E-state index contributed by atoms with van der Waals surface area (Å²) in [7, 11) is 1.59. The minimum Gasteiger partial charge on any atom is -0.353 e. The second-order valence-electron chi connectivity index (χ2n) is 37.7. The van der Waals surface area contributed by atoms with E-state index < -0.39 is 11.2 Å². The van der Waals surface area contributed by atoms with Gasteiger partial charge in [-0.15, -0.1) is 0 Å². The summed E-state index contributed by atoms with van der Waals surface area (Å²) < 4.78 is 6.83. The molecule has 30 heteroatoms. The first-order valence-corrected chi connectivity index (χ1v) is 46.5. The Kier molecular flexibility index (Phi) is 36.3. The normalized spacial score (nSPS) is 12.2. The van der Waals surface area contributed by atoms with Crippen LogP contribution < -0.4 is 61.2 Å². The molecule has 9 aromatic heterocycles. The van der Waals surface area contributed by atoms with Crippen molar-refractivity contribution in [2.45, 2.75) is 164 Å². The van der Waals surface area contributed by atoms with Gasteiger partial charge in [0.15, 0.2) is 0 Å². The van der Waals surface area contributed by atoms with E-state index in [1.54, 1.807) is 92.2 Å². The average molecular weight is 1970 g/mol. The number of nitrogens with zero attached hydrogens (tertiary/aromatic N) is 8. The van der Waals surface area contributed by atoms with Gasteiger partial charge in [0.2, 0.25) is 5.91 Å². The van der Waals surface area contributed by atoms with Crippen molar-refractivity contribution in [1.29, 1.82) is 0 Å². The minimum absolute atomic E-state index is 0.000547. The SMILES string of the molecule is CC(=O)NC/C=C(\c1ccc(C(C)(C)C)cc1)c1ccc(Cl)c(=O)[nH]1.CC(C)(C)c1ccc(/C(=C\Cn2cccnc2=O)c2ccc(Cl)c(=O)[nH]2)cc1.CC(C)(C)c1ccc(/C(=C\Cn2cnccc2=O)c2ccc(Cl)c(=O)[nH]2)cc1.CC(C)(C)c1ccc(/C(=C\Cn2ncccc2=O)c2ccc(Cl)c(=O)[nH]2)cc1.Cn1ccc(=O)n(C/C=C(\c2ccc(C(C)(C)C)cc2)c2ccc(Cl)c(=O)[nH]2)c1=O. The molecule has 0 aliphatic rings. The molecule has 14 rings (SSSR count). The van der Waals surface area contributed by atoms with E-state index in [4.69, 9.17) is 58.0 Å². The first-order valence-electron chi connectivity index (χ1n) is 44.6. The fourth-order valence-corrected chi connectivity index (χ4v) is 14.7. The molecule has 14 aromatic rings. The Labute approximate surface area is 829 Å². The zero-order valence-electron chi connectivity index (χ0n) is 80.6. The number of aromatic nitrogens is 13. The zero-order chi connectivity index (χ0) is 102. The third kappa shape index (κ3) is 30.1. The summed E-state index contributed by atoms with van der Waals surface area (Å²) in [5.41, 5.74) is 14.6. The standard InChI is InChI=1S/C23H24ClN3O3.3C22H22ClN3O2.C20H23ClN2O2/c1-23(2,3)16-7-5-15(6-8-16)17(19-10-9-18(24)21(29)25-19)11-14-27-20(28)12-13-26(4)22(27)30;1-22(2,3)16-7-5-15(6-8-16)17(19-10-9-18(23)20(27)25-19)11-14-26-13-4-12-24-21(26)28;1-22(2,3)16-6-4-15(5-7-16)17(19-9-8-18(23)21(28)25-19)11-13-26-14-24-12-10-20(26)27;1-22(2,3)16-8-6-15(7-9-16)17(19-11-10-18(23)21(28)25-19)12-14-26-20(27)5-4-13-24-26;1-13(24)22-12-11-16(18-10-9-17(21)19(25)23-18)14-5-7-15(8-6-14)20(2,3)4/h5-13H,14H2,1-4H3,(H,25,29);4-13H,14H2,1-3H3,(H,25,27);4-12,14H,13H2,1-3H3,(H,25,28);4-13H,14H2,1-3H3,(H,25,28);5-11H,12H2,1-4H3,(H,22,24)(H,23,25)/b3*17-11+;17-12+;16-11+. The van der Waals surface area contributed by atoms with Crippen LogP contribution in [-0.4, -0.2) is 75.4 Å². The Morgan fingerprint density at radius 3 is 0.957 bits per heavy atom. The van der Waals surface area contributed by atoms with E-state index in [9.17, 15) is 52.7 Å². The van der Waals surface area contributed by atoms with Crippen LogP contribution in [0.3, 0.4) is 0 Å². The second-order valence-corrected chi connectivity index (χ2v) is 39.8. The Balaban J connectivity index is 0.000000179. The number of aromatic amines is 5. The molecule has 0 fully saturated rings. The molecule has 0 spiro atoms. The number of nitrogens with one attached hydrogen (secondary N) is 6. The van der Waals surface area contributed by atoms with Crippen LogP contribution in [0, 0.1) is 0 Å². The summed E-state index contributed by atoms with van der Waals surface area (Å²) in [4.78, 5) is 153. The van der Waals surface area contributed by atoms with Crippen molar-refractivity contribution in [1.82, 2.24) is 68.3 Å². The average Bonchev–Trinajstić information content (AvgIpc) is 0.790. The van der Waals surface area contributed by atoms with Gasteiger partial charge < -0.3 is 34.8 Å². The predicted molar refractivity (Wildman–Crippen MR) is 562 cm³/mol. The van der Waals surface area contributed by atoms with Crippen LogP contribution in [0.1, 0.15) is 195 Å². The van der Waals surface area contributed by atoms with Crippen LogP contribution in [0.25, 0.3) is 27.9 Å². The number of benzene rings is 5. The molecule has 0 aliphatic carbocycles. The van der Waals surface area contributed by atoms with E-state index in [1.807, 2.05) is 97.1 Å². The highest BCUT2D eigenvalue weighted by molar-refractivity contribution is 6.31. The summed E-state index contributed by atoms with van der Waals surface area (Å²) in [6.45, 7) is 35.1. The van der Waals surface area contributed by atoms with Crippen LogP contribution >= 0.6 is 58.0 Å². The van der Waals surface area contributed by atoms with Gasteiger partial charge in [-0.05, 0) is 156 Å². The highest BCUT2D eigenvalue weighted by Crippen LogP contribution is 2.34. The zero-order valence-corrected chi connectivity index (χ0v) is 84.3. The van der Waals surface area contributed by atoms with E-state index in [1.165, 1.54) is 102 Å². The summed E-state index contributed by atoms with van der Waals surface area (Å²) >= 11 is 29.3. The van der Waals surface area contributed by atoms with Gasteiger partial charge in [-0.25, -0.2) is 24.2 Å². The highest BCUT2D eigenvalue weighted by atomic mass is 35.5. The largest absolute Gasteiger partial charge is 0.353 e. The number of allylic oxidation sites excluding steroid dienone is 4. The topological polar surface area (TPSA) is 342 Å². The van der Waals surface area contributed by atoms with Crippen molar-refractivity contribution in [2.24, 2.45) is 7.05 Å². The quantitative estimate of drug-likeness (QED) is 0.0413. The van der Waals surface area contributed by atoms with Gasteiger partial charge in [0.1, 0.15) is 25.1 Å². The molecule has 5 aromatic carbocycles. The van der Waals surface area contributed by atoms with E-state index >= 15 is 0 Å². The Morgan fingerprint density at radius 2 is 0.655 bits per heavy atom. The lowest BCUT2D eigenvalue weighted by molar-refractivity contribution is -0.118. The lowest BCUT2D eigenvalue weighted by Gasteiger charge is -2.19. The maximum atomic E-state index is 12.4. The molecule has 139 heavy (non-hydrogen) atoms. The van der Waals surface area contributed by atoms with E-state index in [0.717, 1.165) is 54.7 Å². The molecule has 0 bridgehead atoms. The molecule has 1 amide bonds. The maximum Gasteiger partial charge on any atom is 0.347 e. The molecule has 25 nitrogen and oxygen atoms in total. The Bertz CT molecular complexity index is 7110. The number of carbonyl (C=O) groups excluding carboxylic acids is 1. The summed E-state index contributed by atoms with van der Waals surface area (Å²) in [6, 6.07) is 64.9. The maximum absolute atomic E-state index is 12.4. The second kappa shape index (κ2) is 47.2. The molecule has 0 saturated heterocycles. The number of halogens is 5. The number of H-pyrrole nitrogens is 5. The van der Waals surface area contributed by atoms with Gasteiger partial charge in [0.25, 0.3) is 44.5 Å². The lowest BCUT2D eigenvalue weighted by atomic mass is 9.86. The summed E-state index contributed by atoms with van der Waals surface area (Å²) in [5.74, 6) is -0.108. The molecular formula is C109H113Cl5N14O11. The van der Waals surface area contributed by atoms with Crippen LogP contribution in [-0.2, 0) is 65.1 Å². The molecule has 0 unspecified atom stereocenters. The van der Waals surface area contributed by atoms with E-state index in [-0.39, 0.29) is 116 Å². The molecule has 0 radical (unpaired) electrons. The molecular weight excluding hydrogens is 1860 g/mol. The number of pyridine rings is 5. The number of hydrogen-bond donors (Lipinski definition) is 6. The van der Waals surface area contributed by atoms with E-state index in [0.29, 0.717) is 53.7 Å². The van der Waals surface area contributed by atoms with Gasteiger partial charge in [0.05, 0.1) is 12.9 Å². The first kappa shape index (κ1) is 107. The Hall–Kier alpha value is -14.2. The van der Waals surface area contributed by atoms with Crippen molar-refractivity contribution in [2.75, 3.05) is 6.54 Å². The molecule has 720 valence electrons. The number of rotatable bonds is 20. The number of carbonyl (C=O) groups is 1.